The SMILES string of the molecule is COC(=O)c1coc(CNC2CCCC2(C)C)c1. The first-order valence-electron chi connectivity index (χ1n) is 6.42. The van der Waals surface area contributed by atoms with Gasteiger partial charge >= 0.3 is 5.97 Å². The second kappa shape index (κ2) is 5.14. The predicted octanol–water partition coefficient (Wildman–Crippen LogP) is 2.73. The molecule has 1 atom stereocenters. The van der Waals surface area contributed by atoms with Gasteiger partial charge in [0.25, 0.3) is 0 Å². The van der Waals surface area contributed by atoms with Gasteiger partial charge in [-0.15, -0.1) is 0 Å². The van der Waals surface area contributed by atoms with Crippen molar-refractivity contribution in [1.82, 2.24) is 5.32 Å². The van der Waals surface area contributed by atoms with Crippen molar-refractivity contribution in [2.75, 3.05) is 7.11 Å². The molecule has 2 rings (SSSR count). The van der Waals surface area contributed by atoms with Gasteiger partial charge in [0.1, 0.15) is 12.0 Å². The molecule has 1 heterocycles. The van der Waals surface area contributed by atoms with Crippen molar-refractivity contribution >= 4 is 5.97 Å². The molecule has 0 spiro atoms. The van der Waals surface area contributed by atoms with Gasteiger partial charge in [-0.1, -0.05) is 20.3 Å². The lowest BCUT2D eigenvalue weighted by molar-refractivity contribution is 0.0600. The van der Waals surface area contributed by atoms with Crippen molar-refractivity contribution < 1.29 is 13.9 Å². The molecular weight excluding hydrogens is 230 g/mol. The quantitative estimate of drug-likeness (QED) is 0.836. The third kappa shape index (κ3) is 2.75. The summed E-state index contributed by atoms with van der Waals surface area (Å²) >= 11 is 0. The molecule has 0 aromatic carbocycles. The molecule has 100 valence electrons. The first-order valence-corrected chi connectivity index (χ1v) is 6.42. The summed E-state index contributed by atoms with van der Waals surface area (Å²) in [5.41, 5.74) is 0.817. The summed E-state index contributed by atoms with van der Waals surface area (Å²) in [6, 6.07) is 2.25. The molecule has 1 aliphatic carbocycles. The van der Waals surface area contributed by atoms with Crippen LogP contribution in [0.2, 0.25) is 0 Å². The van der Waals surface area contributed by atoms with Crippen LogP contribution in [0, 0.1) is 5.41 Å². The van der Waals surface area contributed by atoms with Crippen LogP contribution in [0.3, 0.4) is 0 Å². The van der Waals surface area contributed by atoms with E-state index in [1.165, 1.54) is 32.6 Å². The molecule has 1 aromatic rings. The summed E-state index contributed by atoms with van der Waals surface area (Å²) in [4.78, 5) is 11.3. The van der Waals surface area contributed by atoms with Crippen LogP contribution in [0.5, 0.6) is 0 Å². The number of hydrogen-bond donors (Lipinski definition) is 1. The lowest BCUT2D eigenvalue weighted by Crippen LogP contribution is -2.37. The van der Waals surface area contributed by atoms with Crippen LogP contribution in [-0.4, -0.2) is 19.1 Å². The molecule has 0 bridgehead atoms. The van der Waals surface area contributed by atoms with Crippen LogP contribution >= 0.6 is 0 Å². The van der Waals surface area contributed by atoms with Crippen LogP contribution in [0.15, 0.2) is 16.7 Å². The molecule has 4 heteroatoms. The van der Waals surface area contributed by atoms with E-state index in [0.717, 1.165) is 5.76 Å². The van der Waals surface area contributed by atoms with E-state index in [4.69, 9.17) is 4.42 Å². The van der Waals surface area contributed by atoms with Crippen LogP contribution in [0.4, 0.5) is 0 Å². The van der Waals surface area contributed by atoms with Crippen molar-refractivity contribution in [2.45, 2.75) is 45.7 Å². The number of esters is 1. The van der Waals surface area contributed by atoms with Crippen LogP contribution in [0.1, 0.15) is 49.2 Å². The maximum Gasteiger partial charge on any atom is 0.341 e. The summed E-state index contributed by atoms with van der Waals surface area (Å²) in [6.07, 6.45) is 5.19. The Hall–Kier alpha value is -1.29. The van der Waals surface area contributed by atoms with Gasteiger partial charge in [-0.05, 0) is 24.3 Å². The number of ether oxygens (including phenoxy) is 1. The van der Waals surface area contributed by atoms with Gasteiger partial charge in [0.2, 0.25) is 0 Å². The van der Waals surface area contributed by atoms with E-state index in [2.05, 4.69) is 23.9 Å². The molecule has 1 N–H and O–H groups in total. The molecule has 0 saturated heterocycles. The largest absolute Gasteiger partial charge is 0.467 e. The smallest absolute Gasteiger partial charge is 0.341 e. The second-order valence-electron chi connectivity index (χ2n) is 5.61. The van der Waals surface area contributed by atoms with E-state index < -0.39 is 0 Å². The minimum atomic E-state index is -0.355. The Morgan fingerprint density at radius 1 is 1.61 bits per heavy atom. The highest BCUT2D eigenvalue weighted by Crippen LogP contribution is 2.37. The standard InChI is InChI=1S/C14H21NO3/c1-14(2)6-4-5-12(14)15-8-11-7-10(9-18-11)13(16)17-3/h7,9,12,15H,4-6,8H2,1-3H3. The normalized spacial score (nSPS) is 22.1. The summed E-state index contributed by atoms with van der Waals surface area (Å²) in [5, 5.41) is 3.51. The summed E-state index contributed by atoms with van der Waals surface area (Å²) < 4.78 is 9.99. The highest BCUT2D eigenvalue weighted by molar-refractivity contribution is 5.88. The van der Waals surface area contributed by atoms with Crippen LogP contribution in [-0.2, 0) is 11.3 Å². The lowest BCUT2D eigenvalue weighted by Gasteiger charge is -2.27. The van der Waals surface area contributed by atoms with E-state index in [0.29, 0.717) is 23.6 Å². The average molecular weight is 251 g/mol. The van der Waals surface area contributed by atoms with E-state index in [1.807, 2.05) is 0 Å². The molecule has 0 amide bonds. The zero-order chi connectivity index (χ0) is 13.2. The number of hydrogen-bond acceptors (Lipinski definition) is 4. The topological polar surface area (TPSA) is 51.5 Å². The molecule has 4 nitrogen and oxygen atoms in total. The molecule has 18 heavy (non-hydrogen) atoms. The maximum absolute atomic E-state index is 11.3. The Morgan fingerprint density at radius 2 is 2.39 bits per heavy atom. The zero-order valence-corrected chi connectivity index (χ0v) is 11.3. The van der Waals surface area contributed by atoms with Crippen LogP contribution < -0.4 is 5.32 Å². The predicted molar refractivity (Wildman–Crippen MR) is 68.3 cm³/mol. The number of carbonyl (C=O) groups is 1. The van der Waals surface area contributed by atoms with Crippen molar-refractivity contribution in [1.29, 1.82) is 0 Å². The highest BCUT2D eigenvalue weighted by atomic mass is 16.5. The van der Waals surface area contributed by atoms with Gasteiger partial charge in [0.15, 0.2) is 0 Å². The lowest BCUT2D eigenvalue weighted by atomic mass is 9.87. The molecule has 0 aliphatic heterocycles. The number of nitrogens with one attached hydrogen (secondary N) is 1. The Labute approximate surface area is 108 Å². The minimum absolute atomic E-state index is 0.345. The van der Waals surface area contributed by atoms with Gasteiger partial charge in [0, 0.05) is 6.04 Å². The second-order valence-corrected chi connectivity index (χ2v) is 5.61. The van der Waals surface area contributed by atoms with E-state index in [1.54, 1.807) is 6.07 Å². The molecule has 1 aliphatic rings. The summed E-state index contributed by atoms with van der Waals surface area (Å²) in [5.74, 6) is 0.421. The molecule has 1 fully saturated rings. The summed E-state index contributed by atoms with van der Waals surface area (Å²) in [6.45, 7) is 5.24. The third-order valence-electron chi connectivity index (χ3n) is 3.85. The maximum atomic E-state index is 11.3. The number of methoxy groups -OCH3 is 1. The molecule has 1 unspecified atom stereocenters. The van der Waals surface area contributed by atoms with Gasteiger partial charge in [-0.2, -0.15) is 0 Å². The van der Waals surface area contributed by atoms with Gasteiger partial charge in [-0.25, -0.2) is 4.79 Å². The average Bonchev–Trinajstić information content (AvgIpc) is 2.92. The Kier molecular flexibility index (Phi) is 3.76. The third-order valence-corrected chi connectivity index (χ3v) is 3.85. The highest BCUT2D eigenvalue weighted by Gasteiger charge is 2.33. The van der Waals surface area contributed by atoms with E-state index >= 15 is 0 Å². The number of furan rings is 1. The fraction of sp³-hybridized carbons (Fsp3) is 0.643. The van der Waals surface area contributed by atoms with Crippen molar-refractivity contribution in [2.24, 2.45) is 5.41 Å². The van der Waals surface area contributed by atoms with Gasteiger partial charge < -0.3 is 14.5 Å². The van der Waals surface area contributed by atoms with Crippen LogP contribution in [0.25, 0.3) is 0 Å². The summed E-state index contributed by atoms with van der Waals surface area (Å²) in [7, 11) is 1.37. The first-order chi connectivity index (χ1) is 8.53. The van der Waals surface area contributed by atoms with Crippen molar-refractivity contribution in [3.63, 3.8) is 0 Å². The van der Waals surface area contributed by atoms with Crippen molar-refractivity contribution in [3.05, 3.63) is 23.7 Å². The Bertz CT molecular complexity index is 422. The Morgan fingerprint density at radius 3 is 3.00 bits per heavy atom. The molecule has 0 radical (unpaired) electrons. The van der Waals surface area contributed by atoms with Gasteiger partial charge in [-0.3, -0.25) is 0 Å². The zero-order valence-electron chi connectivity index (χ0n) is 11.3. The minimum Gasteiger partial charge on any atom is -0.467 e. The van der Waals surface area contributed by atoms with E-state index in [9.17, 15) is 4.79 Å². The first kappa shape index (κ1) is 13.1. The fourth-order valence-corrected chi connectivity index (χ4v) is 2.63. The van der Waals surface area contributed by atoms with Crippen molar-refractivity contribution in [3.8, 4) is 0 Å². The molecular formula is C14H21NO3. The van der Waals surface area contributed by atoms with E-state index in [-0.39, 0.29) is 5.97 Å². The van der Waals surface area contributed by atoms with Gasteiger partial charge in [0.05, 0.1) is 19.2 Å². The monoisotopic (exact) mass is 251 g/mol. The number of rotatable bonds is 4. The Balaban J connectivity index is 1.91. The fourth-order valence-electron chi connectivity index (χ4n) is 2.63. The number of carbonyl (C=O) groups excluding carboxylic acids is 1. The molecule has 1 aromatic heterocycles. The molecule has 1 saturated carbocycles.